The molecule has 0 saturated heterocycles. The molecule has 2 rings (SSSR count). The van der Waals surface area contributed by atoms with Crippen molar-refractivity contribution in [1.29, 1.82) is 0 Å². The highest BCUT2D eigenvalue weighted by Gasteiger charge is 2.11. The van der Waals surface area contributed by atoms with Gasteiger partial charge in [-0.2, -0.15) is 0 Å². The number of halogens is 2. The standard InChI is InChI=1S/C12H10BrClN2O2/c1-6-3-7(2)11(8(13)4-6)18-12-9(17)5-10(14)15-16-12/h3-5H,1-2H3,(H,15,17). The van der Waals surface area contributed by atoms with Gasteiger partial charge in [-0.25, -0.2) is 0 Å². The van der Waals surface area contributed by atoms with E-state index in [0.717, 1.165) is 15.6 Å². The van der Waals surface area contributed by atoms with Crippen molar-refractivity contribution >= 4 is 27.5 Å². The molecule has 6 heteroatoms. The Morgan fingerprint density at radius 1 is 1.33 bits per heavy atom. The Balaban J connectivity index is 2.43. The van der Waals surface area contributed by atoms with E-state index in [1.54, 1.807) is 0 Å². The van der Waals surface area contributed by atoms with Gasteiger partial charge in [0.25, 0.3) is 5.88 Å². The van der Waals surface area contributed by atoms with Crippen LogP contribution < -0.4 is 10.2 Å². The number of nitrogens with one attached hydrogen (secondary N) is 1. The molecule has 0 saturated carbocycles. The summed E-state index contributed by atoms with van der Waals surface area (Å²) < 4.78 is 6.29. The molecule has 2 aromatic rings. The van der Waals surface area contributed by atoms with Gasteiger partial charge in [0.15, 0.2) is 0 Å². The van der Waals surface area contributed by atoms with Crippen molar-refractivity contribution in [2.75, 3.05) is 0 Å². The van der Waals surface area contributed by atoms with Crippen LogP contribution in [0.3, 0.4) is 0 Å². The lowest BCUT2D eigenvalue weighted by Gasteiger charge is -2.10. The second kappa shape index (κ2) is 5.12. The van der Waals surface area contributed by atoms with Crippen LogP contribution in [-0.2, 0) is 0 Å². The summed E-state index contributed by atoms with van der Waals surface area (Å²) in [5.41, 5.74) is 1.65. The zero-order chi connectivity index (χ0) is 13.3. The van der Waals surface area contributed by atoms with Gasteiger partial charge in [0.05, 0.1) is 4.47 Å². The smallest absolute Gasteiger partial charge is 0.285 e. The van der Waals surface area contributed by atoms with Crippen molar-refractivity contribution in [2.45, 2.75) is 13.8 Å². The lowest BCUT2D eigenvalue weighted by atomic mass is 10.1. The maximum Gasteiger partial charge on any atom is 0.285 e. The highest BCUT2D eigenvalue weighted by Crippen LogP contribution is 2.32. The van der Waals surface area contributed by atoms with E-state index in [1.165, 1.54) is 6.07 Å². The molecular weight excluding hydrogens is 320 g/mol. The van der Waals surface area contributed by atoms with E-state index in [-0.39, 0.29) is 16.5 Å². The summed E-state index contributed by atoms with van der Waals surface area (Å²) in [6.07, 6.45) is 0. The minimum atomic E-state index is -0.370. The first-order chi connectivity index (χ1) is 8.47. The minimum absolute atomic E-state index is 0.0351. The number of hydrogen-bond donors (Lipinski definition) is 1. The zero-order valence-corrected chi connectivity index (χ0v) is 12.1. The molecule has 0 unspecified atom stereocenters. The van der Waals surface area contributed by atoms with Gasteiger partial charge in [-0.15, -0.1) is 5.10 Å². The predicted molar refractivity (Wildman–Crippen MR) is 73.6 cm³/mol. The zero-order valence-electron chi connectivity index (χ0n) is 9.75. The van der Waals surface area contributed by atoms with Crippen molar-refractivity contribution in [3.8, 4) is 11.6 Å². The molecule has 0 bridgehead atoms. The molecule has 0 aliphatic carbocycles. The molecule has 0 spiro atoms. The summed E-state index contributed by atoms with van der Waals surface area (Å²) in [7, 11) is 0. The summed E-state index contributed by atoms with van der Waals surface area (Å²) in [6, 6.07) is 5.10. The number of rotatable bonds is 2. The number of benzene rings is 1. The molecular formula is C12H10BrClN2O2. The third kappa shape index (κ3) is 2.73. The fourth-order valence-electron chi connectivity index (χ4n) is 1.57. The molecule has 0 atom stereocenters. The molecule has 1 aromatic heterocycles. The number of nitrogens with zero attached hydrogens (tertiary/aromatic N) is 1. The van der Waals surface area contributed by atoms with E-state index in [0.29, 0.717) is 5.75 Å². The average molecular weight is 330 g/mol. The molecule has 0 amide bonds. The largest absolute Gasteiger partial charge is 0.433 e. The van der Waals surface area contributed by atoms with Crippen LogP contribution in [0.4, 0.5) is 0 Å². The molecule has 1 heterocycles. The van der Waals surface area contributed by atoms with Crippen LogP contribution in [0.1, 0.15) is 11.1 Å². The van der Waals surface area contributed by atoms with Gasteiger partial charge in [-0.3, -0.25) is 9.89 Å². The number of hydrogen-bond acceptors (Lipinski definition) is 3. The highest BCUT2D eigenvalue weighted by atomic mass is 79.9. The van der Waals surface area contributed by atoms with Gasteiger partial charge in [-0.05, 0) is 47.0 Å². The van der Waals surface area contributed by atoms with Crippen LogP contribution in [0.5, 0.6) is 11.6 Å². The van der Waals surface area contributed by atoms with Gasteiger partial charge in [0, 0.05) is 6.07 Å². The maximum atomic E-state index is 11.6. The molecule has 0 radical (unpaired) electrons. The Kier molecular flexibility index (Phi) is 3.73. The first-order valence-electron chi connectivity index (χ1n) is 5.17. The van der Waals surface area contributed by atoms with Gasteiger partial charge >= 0.3 is 0 Å². The third-order valence-corrected chi connectivity index (χ3v) is 3.09. The van der Waals surface area contributed by atoms with Crippen molar-refractivity contribution in [3.63, 3.8) is 0 Å². The predicted octanol–water partition coefficient (Wildman–Crippen LogP) is 3.59. The van der Waals surface area contributed by atoms with Crippen molar-refractivity contribution in [2.24, 2.45) is 0 Å². The number of ether oxygens (including phenoxy) is 1. The van der Waals surface area contributed by atoms with Gasteiger partial charge in [-0.1, -0.05) is 17.7 Å². The molecule has 0 fully saturated rings. The molecule has 4 nitrogen and oxygen atoms in total. The van der Waals surface area contributed by atoms with Crippen molar-refractivity contribution in [1.82, 2.24) is 10.2 Å². The first kappa shape index (κ1) is 13.1. The van der Waals surface area contributed by atoms with Crippen LogP contribution in [-0.4, -0.2) is 10.2 Å². The topological polar surface area (TPSA) is 55.0 Å². The SMILES string of the molecule is Cc1cc(C)c(Oc2n[nH]c(Cl)cc2=O)c(Br)c1. The van der Waals surface area contributed by atoms with E-state index in [2.05, 4.69) is 26.1 Å². The summed E-state index contributed by atoms with van der Waals surface area (Å²) >= 11 is 9.02. The van der Waals surface area contributed by atoms with Crippen LogP contribution in [0, 0.1) is 13.8 Å². The van der Waals surface area contributed by atoms with Gasteiger partial charge < -0.3 is 4.74 Å². The summed E-state index contributed by atoms with van der Waals surface area (Å²) in [5.74, 6) is 0.535. The summed E-state index contributed by atoms with van der Waals surface area (Å²) in [6.45, 7) is 3.88. The highest BCUT2D eigenvalue weighted by molar-refractivity contribution is 9.10. The molecule has 0 aliphatic rings. The van der Waals surface area contributed by atoms with Crippen molar-refractivity contribution < 1.29 is 4.74 Å². The third-order valence-electron chi connectivity index (χ3n) is 2.31. The fraction of sp³-hybridized carbons (Fsp3) is 0.167. The lowest BCUT2D eigenvalue weighted by molar-refractivity contribution is 0.444. The fourth-order valence-corrected chi connectivity index (χ4v) is 2.47. The minimum Gasteiger partial charge on any atom is -0.433 e. The number of H-pyrrole nitrogens is 1. The Labute approximate surface area is 117 Å². The first-order valence-corrected chi connectivity index (χ1v) is 6.34. The van der Waals surface area contributed by atoms with Crippen LogP contribution in [0.25, 0.3) is 0 Å². The van der Waals surface area contributed by atoms with E-state index in [4.69, 9.17) is 16.3 Å². The van der Waals surface area contributed by atoms with E-state index < -0.39 is 0 Å². The van der Waals surface area contributed by atoms with Crippen molar-refractivity contribution in [3.05, 3.63) is 49.2 Å². The number of aryl methyl sites for hydroxylation is 2. The second-order valence-electron chi connectivity index (χ2n) is 3.88. The normalized spacial score (nSPS) is 10.4. The molecule has 1 aromatic carbocycles. The molecule has 18 heavy (non-hydrogen) atoms. The van der Waals surface area contributed by atoms with E-state index in [9.17, 15) is 4.79 Å². The Morgan fingerprint density at radius 2 is 2.06 bits per heavy atom. The van der Waals surface area contributed by atoms with E-state index >= 15 is 0 Å². The van der Waals surface area contributed by atoms with Gasteiger partial charge in [0.2, 0.25) is 5.43 Å². The second-order valence-corrected chi connectivity index (χ2v) is 5.14. The average Bonchev–Trinajstić information content (AvgIpc) is 2.25. The molecule has 0 aliphatic heterocycles. The summed E-state index contributed by atoms with van der Waals surface area (Å²) in [4.78, 5) is 11.6. The molecule has 94 valence electrons. The Bertz CT molecular complexity index is 632. The van der Waals surface area contributed by atoms with Crippen LogP contribution in [0.2, 0.25) is 5.15 Å². The number of aromatic nitrogens is 2. The maximum absolute atomic E-state index is 11.6. The van der Waals surface area contributed by atoms with E-state index in [1.807, 2.05) is 26.0 Å². The Morgan fingerprint density at radius 3 is 2.67 bits per heavy atom. The summed E-state index contributed by atoms with van der Waals surface area (Å²) in [5, 5.41) is 6.42. The van der Waals surface area contributed by atoms with Crippen LogP contribution in [0.15, 0.2) is 27.5 Å². The molecule has 1 N–H and O–H groups in total. The number of aromatic amines is 1. The van der Waals surface area contributed by atoms with Crippen LogP contribution >= 0.6 is 27.5 Å². The monoisotopic (exact) mass is 328 g/mol. The van der Waals surface area contributed by atoms with Gasteiger partial charge in [0.1, 0.15) is 10.9 Å². The quantitative estimate of drug-likeness (QED) is 0.916. The lowest BCUT2D eigenvalue weighted by Crippen LogP contribution is -2.08. The Hall–Kier alpha value is -1.33.